The molecule has 1 aromatic carbocycles. The summed E-state index contributed by atoms with van der Waals surface area (Å²) in [5.41, 5.74) is -1.48. The predicted octanol–water partition coefficient (Wildman–Crippen LogP) is 2.67. The largest absolute Gasteiger partial charge is 0.481 e. The number of carbonyl (C=O) groups is 1. The Morgan fingerprint density at radius 2 is 1.75 bits per heavy atom. The molecule has 0 radical (unpaired) electrons. The first kappa shape index (κ1) is 12.4. The molecule has 0 aliphatic rings. The molecule has 0 spiro atoms. The van der Waals surface area contributed by atoms with E-state index in [0.29, 0.717) is 12.1 Å². The monoisotopic (exact) mass is 240 g/mol. The van der Waals surface area contributed by atoms with Gasteiger partial charge in [-0.3, -0.25) is 4.79 Å². The highest BCUT2D eigenvalue weighted by atomic mass is 19.3. The van der Waals surface area contributed by atoms with Crippen LogP contribution in [0, 0.1) is 17.5 Å². The zero-order chi connectivity index (χ0) is 12.5. The molecule has 1 rings (SSSR count). The van der Waals surface area contributed by atoms with E-state index < -0.39 is 41.3 Å². The molecule has 16 heavy (non-hydrogen) atoms. The number of carboxylic acids is 1. The van der Waals surface area contributed by atoms with E-state index >= 15 is 0 Å². The average molecular weight is 240 g/mol. The molecule has 88 valence electrons. The van der Waals surface area contributed by atoms with Crippen molar-refractivity contribution in [1.82, 2.24) is 0 Å². The van der Waals surface area contributed by atoms with Crippen LogP contribution < -0.4 is 0 Å². The normalized spacial score (nSPS) is 11.6. The summed E-state index contributed by atoms with van der Waals surface area (Å²) in [4.78, 5) is 10.1. The second kappa shape index (κ2) is 4.07. The van der Waals surface area contributed by atoms with Crippen molar-refractivity contribution < 1.29 is 31.9 Å². The van der Waals surface area contributed by atoms with Gasteiger partial charge in [-0.25, -0.2) is 22.0 Å². The van der Waals surface area contributed by atoms with Crippen LogP contribution in [-0.2, 0) is 10.7 Å². The Morgan fingerprint density at radius 1 is 1.19 bits per heavy atom. The lowest BCUT2D eigenvalue weighted by molar-refractivity contribution is -0.145. The van der Waals surface area contributed by atoms with Crippen molar-refractivity contribution in [3.05, 3.63) is 35.1 Å². The van der Waals surface area contributed by atoms with Gasteiger partial charge in [-0.2, -0.15) is 0 Å². The topological polar surface area (TPSA) is 37.3 Å². The van der Waals surface area contributed by atoms with Crippen LogP contribution in [-0.4, -0.2) is 11.1 Å². The molecule has 0 aromatic heterocycles. The molecule has 0 atom stereocenters. The molecule has 0 bridgehead atoms. The molecule has 2 nitrogen and oxygen atoms in total. The molecule has 0 unspecified atom stereocenters. The molecule has 0 saturated heterocycles. The molecule has 0 saturated carbocycles. The van der Waals surface area contributed by atoms with E-state index in [1.165, 1.54) is 0 Å². The van der Waals surface area contributed by atoms with E-state index in [1.54, 1.807) is 0 Å². The Morgan fingerprint density at radius 3 is 2.25 bits per heavy atom. The molecule has 1 aromatic rings. The zero-order valence-corrected chi connectivity index (χ0v) is 7.61. The Bertz CT molecular complexity index is 430. The van der Waals surface area contributed by atoms with Gasteiger partial charge < -0.3 is 5.11 Å². The third-order valence-corrected chi connectivity index (χ3v) is 1.80. The van der Waals surface area contributed by atoms with Crippen molar-refractivity contribution in [3.8, 4) is 0 Å². The Hall–Kier alpha value is -1.66. The fourth-order valence-corrected chi connectivity index (χ4v) is 1.09. The SMILES string of the molecule is O=C(O)CC(F)(F)c1ccc(F)c(F)c1F. The van der Waals surface area contributed by atoms with Crippen LogP contribution in [0.5, 0.6) is 0 Å². The van der Waals surface area contributed by atoms with Gasteiger partial charge in [-0.15, -0.1) is 0 Å². The van der Waals surface area contributed by atoms with Gasteiger partial charge in [0.15, 0.2) is 17.5 Å². The maximum absolute atomic E-state index is 13.1. The lowest BCUT2D eigenvalue weighted by atomic mass is 10.0. The fourth-order valence-electron chi connectivity index (χ4n) is 1.09. The number of hydrogen-bond acceptors (Lipinski definition) is 1. The summed E-state index contributed by atoms with van der Waals surface area (Å²) in [6.45, 7) is 0. The maximum atomic E-state index is 13.1. The number of hydrogen-bond donors (Lipinski definition) is 1. The van der Waals surface area contributed by atoms with Gasteiger partial charge in [0, 0.05) is 0 Å². The average Bonchev–Trinajstić information content (AvgIpc) is 2.11. The number of benzene rings is 1. The van der Waals surface area contributed by atoms with E-state index in [9.17, 15) is 26.7 Å². The van der Waals surface area contributed by atoms with Crippen molar-refractivity contribution in [3.63, 3.8) is 0 Å². The minimum absolute atomic E-state index is 0.309. The lowest BCUT2D eigenvalue weighted by Crippen LogP contribution is -2.21. The van der Waals surface area contributed by atoms with E-state index in [0.717, 1.165) is 0 Å². The van der Waals surface area contributed by atoms with Gasteiger partial charge in [0.25, 0.3) is 5.92 Å². The highest BCUT2D eigenvalue weighted by molar-refractivity contribution is 5.68. The predicted molar refractivity (Wildman–Crippen MR) is 42.5 cm³/mol. The van der Waals surface area contributed by atoms with Crippen molar-refractivity contribution in [2.24, 2.45) is 0 Å². The fraction of sp³-hybridized carbons (Fsp3) is 0.222. The minimum atomic E-state index is -4.09. The molecule has 7 heteroatoms. The summed E-state index contributed by atoms with van der Waals surface area (Å²) in [5, 5.41) is 8.15. The summed E-state index contributed by atoms with van der Waals surface area (Å²) in [7, 11) is 0. The van der Waals surface area contributed by atoms with Gasteiger partial charge in [0.1, 0.15) is 6.42 Å². The van der Waals surface area contributed by atoms with Gasteiger partial charge in [-0.05, 0) is 12.1 Å². The second-order valence-electron chi connectivity index (χ2n) is 3.00. The minimum Gasteiger partial charge on any atom is -0.481 e. The summed E-state index contributed by atoms with van der Waals surface area (Å²) in [5.74, 6) is -11.7. The second-order valence-corrected chi connectivity index (χ2v) is 3.00. The molecule has 0 amide bonds. The van der Waals surface area contributed by atoms with E-state index in [2.05, 4.69) is 0 Å². The maximum Gasteiger partial charge on any atom is 0.309 e. The Balaban J connectivity index is 3.23. The first-order valence-electron chi connectivity index (χ1n) is 3.99. The van der Waals surface area contributed by atoms with Gasteiger partial charge in [-0.1, -0.05) is 0 Å². The van der Waals surface area contributed by atoms with Crippen LogP contribution in [0.3, 0.4) is 0 Å². The van der Waals surface area contributed by atoms with Crippen molar-refractivity contribution in [1.29, 1.82) is 0 Å². The number of rotatable bonds is 3. The Kier molecular flexibility index (Phi) is 3.16. The third kappa shape index (κ3) is 2.29. The highest BCUT2D eigenvalue weighted by Crippen LogP contribution is 2.34. The molecule has 0 aliphatic carbocycles. The lowest BCUT2D eigenvalue weighted by Gasteiger charge is -2.15. The summed E-state index contributed by atoms with van der Waals surface area (Å²) in [6.07, 6.45) is -1.70. The third-order valence-electron chi connectivity index (χ3n) is 1.80. The zero-order valence-electron chi connectivity index (χ0n) is 7.61. The van der Waals surface area contributed by atoms with Gasteiger partial charge >= 0.3 is 5.97 Å². The van der Waals surface area contributed by atoms with Crippen LogP contribution >= 0.6 is 0 Å². The number of aliphatic carboxylic acids is 1. The number of carboxylic acid groups (broad SMARTS) is 1. The molecule has 1 N–H and O–H groups in total. The number of alkyl halides is 2. The molecular formula is C9H5F5O2. The van der Waals surface area contributed by atoms with Crippen LogP contribution in [0.25, 0.3) is 0 Å². The van der Waals surface area contributed by atoms with Crippen LogP contribution in [0.4, 0.5) is 22.0 Å². The molecule has 0 aliphatic heterocycles. The Labute approximate surface area is 86.3 Å². The van der Waals surface area contributed by atoms with Crippen LogP contribution in [0.1, 0.15) is 12.0 Å². The first-order valence-corrected chi connectivity index (χ1v) is 3.99. The number of halogens is 5. The van der Waals surface area contributed by atoms with Gasteiger partial charge in [0.05, 0.1) is 5.56 Å². The van der Waals surface area contributed by atoms with Crippen LogP contribution in [0.2, 0.25) is 0 Å². The summed E-state index contributed by atoms with van der Waals surface area (Å²) in [6, 6.07) is 0.625. The summed E-state index contributed by atoms with van der Waals surface area (Å²) >= 11 is 0. The van der Waals surface area contributed by atoms with E-state index in [4.69, 9.17) is 5.11 Å². The van der Waals surface area contributed by atoms with Gasteiger partial charge in [0.2, 0.25) is 0 Å². The van der Waals surface area contributed by atoms with Crippen molar-refractivity contribution in [2.75, 3.05) is 0 Å². The quantitative estimate of drug-likeness (QED) is 0.651. The molecular weight excluding hydrogens is 235 g/mol. The van der Waals surface area contributed by atoms with E-state index in [1.807, 2.05) is 0 Å². The van der Waals surface area contributed by atoms with Crippen LogP contribution in [0.15, 0.2) is 12.1 Å². The smallest absolute Gasteiger partial charge is 0.309 e. The first-order chi connectivity index (χ1) is 7.25. The van der Waals surface area contributed by atoms with Crippen molar-refractivity contribution >= 4 is 5.97 Å². The molecule has 0 fully saturated rings. The standard InChI is InChI=1S/C9H5F5O2/c10-5-2-1-4(7(11)8(5)12)9(13,14)3-6(15)16/h1-2H,3H2,(H,15,16). The summed E-state index contributed by atoms with van der Waals surface area (Å²) < 4.78 is 64.1. The highest BCUT2D eigenvalue weighted by Gasteiger charge is 2.38. The van der Waals surface area contributed by atoms with E-state index in [-0.39, 0.29) is 0 Å². The molecule has 0 heterocycles. The van der Waals surface area contributed by atoms with Crippen molar-refractivity contribution in [2.45, 2.75) is 12.3 Å².